The predicted molar refractivity (Wildman–Crippen MR) is 72.2 cm³/mol. The Hall–Kier alpha value is -0.870. The highest BCUT2D eigenvalue weighted by atomic mass is 32.2. The normalized spacial score (nSPS) is 23.7. The molecule has 3 rings (SSSR count). The topological polar surface area (TPSA) is 60.2 Å². The molecule has 0 spiro atoms. The maximum Gasteiger partial charge on any atom is 0.157 e. The van der Waals surface area contributed by atoms with Gasteiger partial charge in [-0.1, -0.05) is 24.3 Å². The first-order chi connectivity index (χ1) is 8.44. The summed E-state index contributed by atoms with van der Waals surface area (Å²) in [5.74, 6) is 0. The van der Waals surface area contributed by atoms with Gasteiger partial charge in [-0.25, -0.2) is 8.42 Å². The second kappa shape index (κ2) is 3.58. The van der Waals surface area contributed by atoms with Crippen molar-refractivity contribution < 1.29 is 8.42 Å². The average molecular weight is 265 g/mol. The second-order valence-corrected chi connectivity index (χ2v) is 8.15. The van der Waals surface area contributed by atoms with E-state index in [1.54, 1.807) is 0 Å². The molecule has 3 nitrogen and oxygen atoms in total. The maximum absolute atomic E-state index is 11.8. The van der Waals surface area contributed by atoms with Crippen LogP contribution in [-0.2, 0) is 20.0 Å². The monoisotopic (exact) mass is 265 g/mol. The summed E-state index contributed by atoms with van der Waals surface area (Å²) in [6.45, 7) is 0.684. The first-order valence-electron chi connectivity index (χ1n) is 6.44. The fourth-order valence-corrected chi connectivity index (χ4v) is 4.28. The fraction of sp³-hybridized carbons (Fsp3) is 0.571. The number of sulfone groups is 1. The van der Waals surface area contributed by atoms with Gasteiger partial charge in [-0.05, 0) is 36.8 Å². The van der Waals surface area contributed by atoms with Gasteiger partial charge >= 0.3 is 0 Å². The maximum atomic E-state index is 11.8. The Bertz CT molecular complexity index is 566. The lowest BCUT2D eigenvalue weighted by molar-refractivity contribution is 0.586. The lowest BCUT2D eigenvalue weighted by Gasteiger charge is -2.17. The third-order valence-corrected chi connectivity index (χ3v) is 6.75. The van der Waals surface area contributed by atoms with E-state index in [9.17, 15) is 8.42 Å². The SMILES string of the molecule is CS(=O)(=O)C1(c2ccc(C3(CN)CC3)cc2)CC1. The van der Waals surface area contributed by atoms with Gasteiger partial charge in [0.25, 0.3) is 0 Å². The van der Waals surface area contributed by atoms with Crippen molar-refractivity contribution in [3.63, 3.8) is 0 Å². The largest absolute Gasteiger partial charge is 0.330 e. The highest BCUT2D eigenvalue weighted by Crippen LogP contribution is 2.53. The molecule has 0 radical (unpaired) electrons. The number of benzene rings is 1. The third-order valence-electron chi connectivity index (χ3n) is 4.68. The standard InChI is InChI=1S/C14H19NO2S/c1-18(16,17)14(8-9-14)12-4-2-11(3-5-12)13(10-15)6-7-13/h2-5H,6-10,15H2,1H3. The van der Waals surface area contributed by atoms with Gasteiger partial charge in [0, 0.05) is 18.2 Å². The first-order valence-corrected chi connectivity index (χ1v) is 8.33. The summed E-state index contributed by atoms with van der Waals surface area (Å²) >= 11 is 0. The molecule has 0 aliphatic heterocycles. The van der Waals surface area contributed by atoms with Crippen LogP contribution in [0, 0.1) is 0 Å². The highest BCUT2D eigenvalue weighted by molar-refractivity contribution is 7.92. The molecule has 4 heteroatoms. The molecular weight excluding hydrogens is 246 g/mol. The van der Waals surface area contributed by atoms with Crippen molar-refractivity contribution in [2.75, 3.05) is 12.8 Å². The summed E-state index contributed by atoms with van der Waals surface area (Å²) in [5.41, 5.74) is 8.20. The van der Waals surface area contributed by atoms with E-state index < -0.39 is 14.6 Å². The molecule has 2 saturated carbocycles. The first kappa shape index (κ1) is 12.2. The van der Waals surface area contributed by atoms with E-state index in [1.165, 1.54) is 11.8 Å². The minimum Gasteiger partial charge on any atom is -0.330 e. The van der Waals surface area contributed by atoms with Crippen molar-refractivity contribution in [3.8, 4) is 0 Å². The Labute approximate surface area is 108 Å². The van der Waals surface area contributed by atoms with Crippen LogP contribution in [-0.4, -0.2) is 21.2 Å². The quantitative estimate of drug-likeness (QED) is 0.901. The Morgan fingerprint density at radius 2 is 1.56 bits per heavy atom. The van der Waals surface area contributed by atoms with Gasteiger partial charge in [0.2, 0.25) is 0 Å². The number of nitrogens with two attached hydrogens (primary N) is 1. The minimum atomic E-state index is -3.01. The van der Waals surface area contributed by atoms with Gasteiger partial charge in [-0.15, -0.1) is 0 Å². The van der Waals surface area contributed by atoms with Crippen molar-refractivity contribution in [3.05, 3.63) is 35.4 Å². The molecule has 2 aliphatic carbocycles. The van der Waals surface area contributed by atoms with Crippen molar-refractivity contribution >= 4 is 9.84 Å². The number of rotatable bonds is 4. The van der Waals surface area contributed by atoms with Crippen LogP contribution in [0.3, 0.4) is 0 Å². The molecule has 2 fully saturated rings. The van der Waals surface area contributed by atoms with Gasteiger partial charge in [0.1, 0.15) is 0 Å². The van der Waals surface area contributed by atoms with Gasteiger partial charge < -0.3 is 5.73 Å². The summed E-state index contributed by atoms with van der Waals surface area (Å²) in [4.78, 5) is 0. The summed E-state index contributed by atoms with van der Waals surface area (Å²) in [5, 5.41) is 0. The van der Waals surface area contributed by atoms with Crippen LogP contribution in [0.5, 0.6) is 0 Å². The van der Waals surface area contributed by atoms with E-state index >= 15 is 0 Å². The van der Waals surface area contributed by atoms with Crippen LogP contribution in [0.15, 0.2) is 24.3 Å². The zero-order valence-electron chi connectivity index (χ0n) is 10.6. The Balaban J connectivity index is 1.93. The second-order valence-electron chi connectivity index (χ2n) is 5.83. The zero-order valence-corrected chi connectivity index (χ0v) is 11.5. The van der Waals surface area contributed by atoms with E-state index in [2.05, 4.69) is 12.1 Å². The molecule has 18 heavy (non-hydrogen) atoms. The molecule has 1 aromatic rings. The molecule has 2 aliphatic rings. The van der Waals surface area contributed by atoms with Gasteiger partial charge in [0.05, 0.1) is 4.75 Å². The summed E-state index contributed by atoms with van der Waals surface area (Å²) in [6.07, 6.45) is 5.16. The molecule has 0 atom stereocenters. The van der Waals surface area contributed by atoms with Crippen LogP contribution < -0.4 is 5.73 Å². The molecule has 2 N–H and O–H groups in total. The van der Waals surface area contributed by atoms with E-state index in [4.69, 9.17) is 5.73 Å². The molecule has 0 saturated heterocycles. The van der Waals surface area contributed by atoms with Gasteiger partial charge in [0.15, 0.2) is 9.84 Å². The fourth-order valence-electron chi connectivity index (χ4n) is 2.88. The zero-order chi connectivity index (χ0) is 13.0. The Morgan fingerprint density at radius 1 is 1.06 bits per heavy atom. The smallest absolute Gasteiger partial charge is 0.157 e. The number of hydrogen-bond acceptors (Lipinski definition) is 3. The molecule has 0 aromatic heterocycles. The van der Waals surface area contributed by atoms with Crippen molar-refractivity contribution in [1.29, 1.82) is 0 Å². The summed E-state index contributed by atoms with van der Waals surface area (Å²) < 4.78 is 23.1. The van der Waals surface area contributed by atoms with Gasteiger partial charge in [-0.2, -0.15) is 0 Å². The van der Waals surface area contributed by atoms with Crippen LogP contribution >= 0.6 is 0 Å². The minimum absolute atomic E-state index is 0.181. The molecule has 1 aromatic carbocycles. The summed E-state index contributed by atoms with van der Waals surface area (Å²) in [7, 11) is -3.01. The van der Waals surface area contributed by atoms with E-state index in [1.807, 2.05) is 12.1 Å². The molecule has 98 valence electrons. The van der Waals surface area contributed by atoms with Crippen molar-refractivity contribution in [1.82, 2.24) is 0 Å². The van der Waals surface area contributed by atoms with Crippen LogP contribution in [0.1, 0.15) is 36.8 Å². The van der Waals surface area contributed by atoms with Crippen LogP contribution in [0.25, 0.3) is 0 Å². The molecular formula is C14H19NO2S. The van der Waals surface area contributed by atoms with Crippen LogP contribution in [0.4, 0.5) is 0 Å². The number of hydrogen-bond donors (Lipinski definition) is 1. The Morgan fingerprint density at radius 3 is 1.89 bits per heavy atom. The van der Waals surface area contributed by atoms with Crippen molar-refractivity contribution in [2.24, 2.45) is 5.73 Å². The van der Waals surface area contributed by atoms with E-state index in [0.717, 1.165) is 31.2 Å². The predicted octanol–water partition coefficient (Wildman–Crippen LogP) is 1.71. The average Bonchev–Trinajstić information content (AvgIpc) is 3.22. The molecule has 0 heterocycles. The van der Waals surface area contributed by atoms with E-state index in [-0.39, 0.29) is 5.41 Å². The van der Waals surface area contributed by atoms with Crippen LogP contribution in [0.2, 0.25) is 0 Å². The highest BCUT2D eigenvalue weighted by Gasteiger charge is 2.53. The molecule has 0 unspecified atom stereocenters. The molecule has 0 amide bonds. The van der Waals surface area contributed by atoms with Gasteiger partial charge in [-0.3, -0.25) is 0 Å². The molecule has 0 bridgehead atoms. The van der Waals surface area contributed by atoms with E-state index in [0.29, 0.717) is 6.54 Å². The summed E-state index contributed by atoms with van der Waals surface area (Å²) in [6, 6.07) is 8.11. The van der Waals surface area contributed by atoms with Crippen molar-refractivity contribution in [2.45, 2.75) is 35.8 Å². The Kier molecular flexibility index (Phi) is 2.42. The lowest BCUT2D eigenvalue weighted by Crippen LogP contribution is -2.21. The lowest BCUT2D eigenvalue weighted by atomic mass is 9.94. The third kappa shape index (κ3) is 1.62.